The standard InChI is InChI=1S/C42H47N3O8S2/c1-4-45(33-24-20-30(21-25-33)42(49)53-3)55(50,51)34-9-7-8-31(26-34)38(46)44-40-37(35-10-5-6-11-36(35)54-40)39(47)43-32-22-16-28(17-23-32)13-12-27-14-18-29(19-15-27)41(48)52-2/h7-9,14-19,22-23,26,30,33H,4-6,10-13,20-21,24-25H2,1-3H3,(H,43,47)(H,44,46)/t30-,33-. The third-order valence-corrected chi connectivity index (χ3v) is 13.8. The second-order valence-electron chi connectivity index (χ2n) is 14.0. The first-order chi connectivity index (χ1) is 26.5. The van der Waals surface area contributed by atoms with Crippen molar-refractivity contribution in [2.24, 2.45) is 5.92 Å². The molecular formula is C42H47N3O8S2. The summed E-state index contributed by atoms with van der Waals surface area (Å²) >= 11 is 1.40. The van der Waals surface area contributed by atoms with Gasteiger partial charge in [0.2, 0.25) is 10.0 Å². The zero-order chi connectivity index (χ0) is 39.1. The van der Waals surface area contributed by atoms with Gasteiger partial charge in [0.05, 0.1) is 36.2 Å². The van der Waals surface area contributed by atoms with Gasteiger partial charge in [-0.25, -0.2) is 13.2 Å². The Balaban J connectivity index is 1.13. The second kappa shape index (κ2) is 17.7. The molecule has 1 heterocycles. The van der Waals surface area contributed by atoms with Crippen LogP contribution in [0.15, 0.2) is 77.7 Å². The maximum absolute atomic E-state index is 13.9. The monoisotopic (exact) mass is 785 g/mol. The van der Waals surface area contributed by atoms with Gasteiger partial charge in [0.15, 0.2) is 0 Å². The van der Waals surface area contributed by atoms with Gasteiger partial charge in [-0.05, 0) is 123 Å². The van der Waals surface area contributed by atoms with Crippen molar-refractivity contribution >= 4 is 55.8 Å². The number of hydrogen-bond donors (Lipinski definition) is 2. The Hall–Kier alpha value is -4.85. The minimum absolute atomic E-state index is 0.0143. The molecule has 2 aliphatic carbocycles. The van der Waals surface area contributed by atoms with Gasteiger partial charge in [0.25, 0.3) is 11.8 Å². The predicted octanol–water partition coefficient (Wildman–Crippen LogP) is 7.45. The molecular weight excluding hydrogens is 739 g/mol. The van der Waals surface area contributed by atoms with E-state index < -0.39 is 15.9 Å². The summed E-state index contributed by atoms with van der Waals surface area (Å²) < 4.78 is 39.0. The van der Waals surface area contributed by atoms with Crippen LogP contribution in [0.5, 0.6) is 0 Å². The van der Waals surface area contributed by atoms with Crippen molar-refractivity contribution in [1.82, 2.24) is 4.31 Å². The molecule has 4 aromatic rings. The van der Waals surface area contributed by atoms with Crippen molar-refractivity contribution < 1.29 is 37.1 Å². The third kappa shape index (κ3) is 9.17. The van der Waals surface area contributed by atoms with Crippen molar-refractivity contribution in [1.29, 1.82) is 0 Å². The fraction of sp³-hybridized carbons (Fsp3) is 0.381. The van der Waals surface area contributed by atoms with Gasteiger partial charge >= 0.3 is 11.9 Å². The van der Waals surface area contributed by atoms with Crippen LogP contribution in [-0.4, -0.2) is 63.3 Å². The van der Waals surface area contributed by atoms with Crippen molar-refractivity contribution in [2.75, 3.05) is 31.4 Å². The molecule has 0 aliphatic heterocycles. The zero-order valence-electron chi connectivity index (χ0n) is 31.4. The molecule has 0 unspecified atom stereocenters. The van der Waals surface area contributed by atoms with Crippen molar-refractivity contribution in [3.8, 4) is 0 Å². The average molecular weight is 786 g/mol. The number of esters is 2. The van der Waals surface area contributed by atoms with Gasteiger partial charge in [0, 0.05) is 28.7 Å². The van der Waals surface area contributed by atoms with Crippen LogP contribution >= 0.6 is 11.3 Å². The summed E-state index contributed by atoms with van der Waals surface area (Å²) in [6.45, 7) is 2.04. The van der Waals surface area contributed by atoms with Crippen molar-refractivity contribution in [2.45, 2.75) is 82.1 Å². The van der Waals surface area contributed by atoms with E-state index >= 15 is 0 Å². The molecule has 0 atom stereocenters. The topological polar surface area (TPSA) is 148 Å². The normalized spacial score (nSPS) is 16.9. The molecule has 0 bridgehead atoms. The molecule has 2 amide bonds. The number of fused-ring (bicyclic) bond motifs is 1. The molecule has 1 fully saturated rings. The molecule has 1 saturated carbocycles. The minimum atomic E-state index is -3.95. The smallest absolute Gasteiger partial charge is 0.337 e. The molecule has 2 N–H and O–H groups in total. The van der Waals surface area contributed by atoms with Crippen LogP contribution in [0, 0.1) is 5.92 Å². The fourth-order valence-corrected chi connectivity index (χ4v) is 10.6. The number of benzene rings is 3. The molecule has 11 nitrogen and oxygen atoms in total. The summed E-state index contributed by atoms with van der Waals surface area (Å²) in [6.07, 6.45) is 7.22. The number of anilines is 2. The maximum atomic E-state index is 13.9. The Morgan fingerprint density at radius 1 is 0.782 bits per heavy atom. The molecule has 0 saturated heterocycles. The van der Waals surface area contributed by atoms with E-state index in [1.807, 2.05) is 36.4 Å². The number of aryl methyl sites for hydroxylation is 3. The Morgan fingerprint density at radius 3 is 2.07 bits per heavy atom. The van der Waals surface area contributed by atoms with E-state index in [0.717, 1.165) is 60.1 Å². The van der Waals surface area contributed by atoms with Crippen LogP contribution in [0.4, 0.5) is 10.7 Å². The first-order valence-electron chi connectivity index (χ1n) is 18.8. The Kier molecular flexibility index (Phi) is 12.8. The van der Waals surface area contributed by atoms with Crippen LogP contribution in [-0.2, 0) is 50.0 Å². The number of hydrogen-bond acceptors (Lipinski definition) is 9. The summed E-state index contributed by atoms with van der Waals surface area (Å²) in [5, 5.41) is 6.42. The van der Waals surface area contributed by atoms with Crippen LogP contribution in [0.25, 0.3) is 0 Å². The number of methoxy groups -OCH3 is 2. The lowest BCUT2D eigenvalue weighted by atomic mass is 9.86. The number of nitrogens with one attached hydrogen (secondary N) is 2. The summed E-state index contributed by atoms with van der Waals surface area (Å²) in [4.78, 5) is 52.5. The highest BCUT2D eigenvalue weighted by Gasteiger charge is 2.36. The third-order valence-electron chi connectivity index (χ3n) is 10.6. The van der Waals surface area contributed by atoms with Crippen LogP contribution in [0.2, 0.25) is 0 Å². The van der Waals surface area contributed by atoms with E-state index in [1.54, 1.807) is 31.2 Å². The first-order valence-corrected chi connectivity index (χ1v) is 21.0. The fourth-order valence-electron chi connectivity index (χ4n) is 7.56. The van der Waals surface area contributed by atoms with E-state index in [0.29, 0.717) is 47.5 Å². The lowest BCUT2D eigenvalue weighted by Crippen LogP contribution is -2.43. The number of sulfonamides is 1. The van der Waals surface area contributed by atoms with Crippen LogP contribution in [0.1, 0.15) is 98.1 Å². The zero-order valence-corrected chi connectivity index (χ0v) is 33.0. The highest BCUT2D eigenvalue weighted by Crippen LogP contribution is 2.39. The van der Waals surface area contributed by atoms with E-state index in [2.05, 4.69) is 10.6 Å². The SMILES string of the molecule is CCN([C@H]1CC[C@H](C(=O)OC)CC1)S(=O)(=O)c1cccc(C(=O)Nc2sc3c(c2C(=O)Nc2ccc(CCc4ccc(C(=O)OC)cc4)cc2)CCCC3)c1. The highest BCUT2D eigenvalue weighted by atomic mass is 32.2. The lowest BCUT2D eigenvalue weighted by molar-refractivity contribution is -0.146. The van der Waals surface area contributed by atoms with E-state index in [9.17, 15) is 27.6 Å². The predicted molar refractivity (Wildman–Crippen MR) is 212 cm³/mol. The summed E-state index contributed by atoms with van der Waals surface area (Å²) in [7, 11) is -1.22. The van der Waals surface area contributed by atoms with E-state index in [1.165, 1.54) is 42.0 Å². The van der Waals surface area contributed by atoms with Gasteiger partial charge < -0.3 is 20.1 Å². The molecule has 13 heteroatoms. The number of thiophene rings is 1. The van der Waals surface area contributed by atoms with Gasteiger partial charge in [-0.15, -0.1) is 11.3 Å². The lowest BCUT2D eigenvalue weighted by Gasteiger charge is -2.34. The van der Waals surface area contributed by atoms with Crippen molar-refractivity contribution in [3.63, 3.8) is 0 Å². The maximum Gasteiger partial charge on any atom is 0.337 e. The van der Waals surface area contributed by atoms with Crippen LogP contribution < -0.4 is 10.6 Å². The average Bonchev–Trinajstić information content (AvgIpc) is 3.58. The summed E-state index contributed by atoms with van der Waals surface area (Å²) in [5.74, 6) is -1.68. The molecule has 0 spiro atoms. The number of ether oxygens (including phenoxy) is 2. The number of carbonyl (C=O) groups is 4. The first kappa shape index (κ1) is 39.8. The summed E-state index contributed by atoms with van der Waals surface area (Å²) in [6, 6.07) is 20.8. The molecule has 1 aromatic heterocycles. The molecule has 0 radical (unpaired) electrons. The van der Waals surface area contributed by atoms with Crippen molar-refractivity contribution in [3.05, 3.63) is 111 Å². The highest BCUT2D eigenvalue weighted by molar-refractivity contribution is 7.89. The minimum Gasteiger partial charge on any atom is -0.469 e. The van der Waals surface area contributed by atoms with Crippen LogP contribution in [0.3, 0.4) is 0 Å². The Labute approximate surface area is 326 Å². The largest absolute Gasteiger partial charge is 0.469 e. The Bertz CT molecular complexity index is 2140. The number of rotatable bonds is 13. The number of carbonyl (C=O) groups excluding carboxylic acids is 4. The molecule has 2 aliphatic rings. The number of amides is 2. The van der Waals surface area contributed by atoms with E-state index in [-0.39, 0.29) is 46.8 Å². The molecule has 3 aromatic carbocycles. The molecule has 290 valence electrons. The van der Waals surface area contributed by atoms with Gasteiger partial charge in [-0.3, -0.25) is 14.4 Å². The quantitative estimate of drug-likeness (QED) is 0.133. The Morgan fingerprint density at radius 2 is 1.44 bits per heavy atom. The molecule has 6 rings (SSSR count). The van der Waals surface area contributed by atoms with Gasteiger partial charge in [0.1, 0.15) is 5.00 Å². The number of nitrogens with zero attached hydrogens (tertiary/aromatic N) is 1. The summed E-state index contributed by atoms with van der Waals surface area (Å²) in [5.41, 5.74) is 4.86. The van der Waals surface area contributed by atoms with E-state index in [4.69, 9.17) is 9.47 Å². The van der Waals surface area contributed by atoms with Gasteiger partial charge in [-0.2, -0.15) is 4.31 Å². The second-order valence-corrected chi connectivity index (χ2v) is 17.0. The van der Waals surface area contributed by atoms with Gasteiger partial charge in [-0.1, -0.05) is 37.3 Å². The molecule has 55 heavy (non-hydrogen) atoms.